The summed E-state index contributed by atoms with van der Waals surface area (Å²) in [7, 11) is -2.85. The third-order valence-electron chi connectivity index (χ3n) is 5.18. The Balaban J connectivity index is 1.76. The number of benzene rings is 1. The molecule has 0 saturated carbocycles. The second-order valence-corrected chi connectivity index (χ2v) is 9.50. The van der Waals surface area contributed by atoms with E-state index < -0.39 is 9.84 Å². The van der Waals surface area contributed by atoms with Crippen LogP contribution in [0.5, 0.6) is 0 Å². The predicted octanol–water partition coefficient (Wildman–Crippen LogP) is 2.97. The van der Waals surface area contributed by atoms with Gasteiger partial charge in [0.1, 0.15) is 0 Å². The van der Waals surface area contributed by atoms with Crippen LogP contribution in [0, 0.1) is 0 Å². The fraction of sp³-hybridized carbons (Fsp3) is 0.647. The van der Waals surface area contributed by atoms with Gasteiger partial charge in [0.15, 0.2) is 9.84 Å². The van der Waals surface area contributed by atoms with E-state index in [1.54, 1.807) is 0 Å². The van der Waals surface area contributed by atoms with E-state index in [4.69, 9.17) is 0 Å². The largest absolute Gasteiger partial charge is 0.309 e. The maximum atomic E-state index is 11.9. The third-order valence-corrected chi connectivity index (χ3v) is 7.45. The highest BCUT2D eigenvalue weighted by Gasteiger charge is 2.35. The lowest BCUT2D eigenvalue weighted by molar-refractivity contribution is 0.357. The predicted molar refractivity (Wildman–Crippen MR) is 86.3 cm³/mol. The van der Waals surface area contributed by atoms with Crippen LogP contribution < -0.4 is 5.32 Å². The molecule has 3 nitrogen and oxygen atoms in total. The zero-order valence-corrected chi connectivity index (χ0v) is 13.7. The van der Waals surface area contributed by atoms with E-state index in [0.717, 1.165) is 25.7 Å². The van der Waals surface area contributed by atoms with Gasteiger partial charge in [0.25, 0.3) is 0 Å². The first kappa shape index (κ1) is 15.0. The Bertz CT molecular complexity index is 621. The van der Waals surface area contributed by atoms with Crippen molar-refractivity contribution in [3.05, 3.63) is 35.4 Å². The minimum absolute atomic E-state index is 0.181. The molecule has 2 atom stereocenters. The highest BCUT2D eigenvalue weighted by Crippen LogP contribution is 2.41. The molecule has 1 aromatic rings. The van der Waals surface area contributed by atoms with Gasteiger partial charge in [-0.15, -0.1) is 0 Å². The second kappa shape index (κ2) is 5.40. The lowest BCUT2D eigenvalue weighted by atomic mass is 9.71. The smallest absolute Gasteiger partial charge is 0.154 e. The zero-order chi connectivity index (χ0) is 15.1. The van der Waals surface area contributed by atoms with Crippen LogP contribution >= 0.6 is 0 Å². The third kappa shape index (κ3) is 2.88. The molecule has 0 amide bonds. The Morgan fingerprint density at radius 2 is 2.00 bits per heavy atom. The van der Waals surface area contributed by atoms with Crippen molar-refractivity contribution >= 4 is 9.84 Å². The molecule has 0 radical (unpaired) electrons. The van der Waals surface area contributed by atoms with E-state index in [2.05, 4.69) is 43.4 Å². The molecule has 2 aliphatic rings. The molecule has 1 saturated heterocycles. The van der Waals surface area contributed by atoms with Gasteiger partial charge in [-0.05, 0) is 42.2 Å². The van der Waals surface area contributed by atoms with Crippen molar-refractivity contribution in [3.8, 4) is 0 Å². The summed E-state index contributed by atoms with van der Waals surface area (Å²) in [6.45, 7) is 5.19. The van der Waals surface area contributed by atoms with Crippen LogP contribution in [0.3, 0.4) is 0 Å². The number of hydrogen-bond acceptors (Lipinski definition) is 3. The average Bonchev–Trinajstić information content (AvgIpc) is 2.77. The molecule has 1 fully saturated rings. The minimum atomic E-state index is -2.85. The lowest BCUT2D eigenvalue weighted by Gasteiger charge is -2.37. The summed E-state index contributed by atoms with van der Waals surface area (Å²) in [6.07, 6.45) is 3.86. The van der Waals surface area contributed by atoms with Crippen molar-refractivity contribution in [3.63, 3.8) is 0 Å². The van der Waals surface area contributed by atoms with Crippen molar-refractivity contribution < 1.29 is 8.42 Å². The first-order valence-electron chi connectivity index (χ1n) is 7.94. The second-order valence-electron chi connectivity index (χ2n) is 7.10. The van der Waals surface area contributed by atoms with E-state index in [-0.39, 0.29) is 10.7 Å². The number of fused-ring (bicyclic) bond motifs is 1. The van der Waals surface area contributed by atoms with Crippen LogP contribution in [0.4, 0.5) is 0 Å². The van der Waals surface area contributed by atoms with Crippen molar-refractivity contribution in [1.82, 2.24) is 5.32 Å². The summed E-state index contributed by atoms with van der Waals surface area (Å²) in [4.78, 5) is 0. The van der Waals surface area contributed by atoms with Crippen molar-refractivity contribution in [2.75, 3.05) is 12.3 Å². The van der Waals surface area contributed by atoms with E-state index in [0.29, 0.717) is 18.3 Å². The molecule has 3 rings (SSSR count). The van der Waals surface area contributed by atoms with Crippen molar-refractivity contribution in [2.24, 2.45) is 0 Å². The minimum Gasteiger partial charge on any atom is -0.309 e. The number of hydrogen-bond donors (Lipinski definition) is 1. The molecular weight excluding hydrogens is 282 g/mol. The molecule has 1 aromatic carbocycles. The van der Waals surface area contributed by atoms with Gasteiger partial charge >= 0.3 is 0 Å². The quantitative estimate of drug-likeness (QED) is 0.934. The molecule has 4 heteroatoms. The maximum absolute atomic E-state index is 11.9. The van der Waals surface area contributed by atoms with Gasteiger partial charge < -0.3 is 5.32 Å². The SMILES string of the molecule is CC1(C)CCC(NCC2CCCS2(=O)=O)c2ccccc21. The highest BCUT2D eigenvalue weighted by atomic mass is 32.2. The molecule has 1 aliphatic heterocycles. The Kier molecular flexibility index (Phi) is 3.87. The first-order valence-corrected chi connectivity index (χ1v) is 9.66. The summed E-state index contributed by atoms with van der Waals surface area (Å²) in [5.41, 5.74) is 2.97. The Hall–Kier alpha value is -0.870. The zero-order valence-electron chi connectivity index (χ0n) is 12.9. The van der Waals surface area contributed by atoms with Gasteiger partial charge in [0, 0.05) is 12.6 Å². The highest BCUT2D eigenvalue weighted by molar-refractivity contribution is 7.92. The topological polar surface area (TPSA) is 46.2 Å². The molecule has 1 aliphatic carbocycles. The fourth-order valence-electron chi connectivity index (χ4n) is 3.79. The Morgan fingerprint density at radius 1 is 1.24 bits per heavy atom. The van der Waals surface area contributed by atoms with Gasteiger partial charge in [-0.25, -0.2) is 8.42 Å². The monoisotopic (exact) mass is 307 g/mol. The molecule has 1 heterocycles. The van der Waals surface area contributed by atoms with Crippen LogP contribution in [0.1, 0.15) is 56.7 Å². The normalized spacial score (nSPS) is 30.0. The summed E-state index contributed by atoms with van der Waals surface area (Å²) in [6, 6.07) is 8.89. The molecule has 21 heavy (non-hydrogen) atoms. The Labute approximate surface area is 128 Å². The molecule has 1 N–H and O–H groups in total. The van der Waals surface area contributed by atoms with Gasteiger partial charge in [-0.3, -0.25) is 0 Å². The lowest BCUT2D eigenvalue weighted by Crippen LogP contribution is -2.37. The van der Waals surface area contributed by atoms with E-state index >= 15 is 0 Å². The van der Waals surface area contributed by atoms with Crippen LogP contribution in [-0.2, 0) is 15.3 Å². The summed E-state index contributed by atoms with van der Waals surface area (Å²) >= 11 is 0. The fourth-order valence-corrected chi connectivity index (χ4v) is 5.56. The maximum Gasteiger partial charge on any atom is 0.154 e. The molecule has 116 valence electrons. The van der Waals surface area contributed by atoms with Crippen LogP contribution in [0.25, 0.3) is 0 Å². The Morgan fingerprint density at radius 3 is 2.71 bits per heavy atom. The summed E-state index contributed by atoms with van der Waals surface area (Å²) < 4.78 is 23.9. The molecule has 0 bridgehead atoms. The molecule has 0 aromatic heterocycles. The van der Waals surface area contributed by atoms with Crippen LogP contribution in [0.2, 0.25) is 0 Å². The van der Waals surface area contributed by atoms with Crippen molar-refractivity contribution in [1.29, 1.82) is 0 Å². The van der Waals surface area contributed by atoms with E-state index in [9.17, 15) is 8.42 Å². The number of sulfone groups is 1. The van der Waals surface area contributed by atoms with Crippen molar-refractivity contribution in [2.45, 2.75) is 56.2 Å². The van der Waals surface area contributed by atoms with Crippen LogP contribution in [-0.4, -0.2) is 26.0 Å². The van der Waals surface area contributed by atoms with E-state index in [1.165, 1.54) is 11.1 Å². The standard InChI is InChI=1S/C17H25NO2S/c1-17(2)10-9-16(14-7-3-4-8-15(14)17)18-12-13-6-5-11-21(13,19)20/h3-4,7-8,13,16,18H,5-6,9-12H2,1-2H3. The molecule has 0 spiro atoms. The number of nitrogens with one attached hydrogen (secondary N) is 1. The van der Waals surface area contributed by atoms with Gasteiger partial charge in [-0.2, -0.15) is 0 Å². The number of rotatable bonds is 3. The molecule has 2 unspecified atom stereocenters. The van der Waals surface area contributed by atoms with Gasteiger partial charge in [-0.1, -0.05) is 38.1 Å². The average molecular weight is 307 g/mol. The van der Waals surface area contributed by atoms with Crippen LogP contribution in [0.15, 0.2) is 24.3 Å². The van der Waals surface area contributed by atoms with E-state index in [1.807, 2.05) is 0 Å². The molecular formula is C17H25NO2S. The van der Waals surface area contributed by atoms with Gasteiger partial charge in [0.2, 0.25) is 0 Å². The summed E-state index contributed by atoms with van der Waals surface area (Å²) in [5, 5.41) is 3.35. The van der Waals surface area contributed by atoms with Gasteiger partial charge in [0.05, 0.1) is 11.0 Å². The summed E-state index contributed by atoms with van der Waals surface area (Å²) in [5.74, 6) is 0.369. The first-order chi connectivity index (χ1) is 9.90.